The van der Waals surface area contributed by atoms with Gasteiger partial charge in [-0.15, -0.1) is 0 Å². The van der Waals surface area contributed by atoms with Crippen LogP contribution in [0, 0.1) is 0 Å². The van der Waals surface area contributed by atoms with E-state index in [-0.39, 0.29) is 11.7 Å². The molecule has 1 aliphatic rings. The summed E-state index contributed by atoms with van der Waals surface area (Å²) in [6, 6.07) is 10.7. The molecule has 1 fully saturated rings. The number of hydrogen-bond donors (Lipinski definition) is 2. The molecule has 1 aliphatic heterocycles. The predicted octanol–water partition coefficient (Wildman–Crippen LogP) is 4.82. The van der Waals surface area contributed by atoms with Crippen LogP contribution in [0.3, 0.4) is 0 Å². The Morgan fingerprint density at radius 1 is 1.20 bits per heavy atom. The Hall–Kier alpha value is -1.77. The third-order valence-electron chi connectivity index (χ3n) is 3.29. The first kappa shape index (κ1) is 18.0. The molecule has 0 bridgehead atoms. The SMILES string of the molecule is COc1ccc(N=C2NC(=O)/C(=C/c3cc(Br)c(O)c(Br)c3)S2)cc1. The van der Waals surface area contributed by atoms with E-state index in [4.69, 9.17) is 4.74 Å². The summed E-state index contributed by atoms with van der Waals surface area (Å²) in [6.45, 7) is 0. The predicted molar refractivity (Wildman–Crippen MR) is 107 cm³/mol. The molecule has 25 heavy (non-hydrogen) atoms. The quantitative estimate of drug-likeness (QED) is 0.614. The number of benzene rings is 2. The monoisotopic (exact) mass is 482 g/mol. The Kier molecular flexibility index (Phi) is 5.51. The summed E-state index contributed by atoms with van der Waals surface area (Å²) in [5.74, 6) is 0.654. The molecule has 1 heterocycles. The van der Waals surface area contributed by atoms with Crippen LogP contribution in [0.25, 0.3) is 6.08 Å². The van der Waals surface area contributed by atoms with Gasteiger partial charge in [0.15, 0.2) is 5.17 Å². The Balaban J connectivity index is 1.83. The van der Waals surface area contributed by atoms with E-state index in [0.29, 0.717) is 19.0 Å². The van der Waals surface area contributed by atoms with Crippen molar-refractivity contribution in [2.75, 3.05) is 7.11 Å². The lowest BCUT2D eigenvalue weighted by atomic mass is 10.2. The summed E-state index contributed by atoms with van der Waals surface area (Å²) < 4.78 is 6.20. The highest BCUT2D eigenvalue weighted by atomic mass is 79.9. The van der Waals surface area contributed by atoms with Crippen LogP contribution in [0.4, 0.5) is 5.69 Å². The molecule has 0 atom stereocenters. The zero-order valence-corrected chi connectivity index (χ0v) is 16.9. The van der Waals surface area contributed by atoms with E-state index in [1.807, 2.05) is 24.3 Å². The van der Waals surface area contributed by atoms with Crippen molar-refractivity contribution in [1.82, 2.24) is 5.32 Å². The lowest BCUT2D eigenvalue weighted by Gasteiger charge is -2.02. The zero-order valence-electron chi connectivity index (χ0n) is 12.9. The molecular weight excluding hydrogens is 472 g/mol. The molecule has 3 rings (SSSR count). The zero-order chi connectivity index (χ0) is 18.0. The number of carbonyl (C=O) groups is 1. The van der Waals surface area contributed by atoms with Crippen molar-refractivity contribution in [3.05, 3.63) is 55.8 Å². The molecule has 2 aromatic carbocycles. The standard InChI is InChI=1S/C17H12Br2N2O3S/c1-24-11-4-2-10(3-5-11)20-17-21-16(23)14(25-17)8-9-6-12(18)15(22)13(19)7-9/h2-8,22H,1H3,(H,20,21,23)/b14-8-. The first-order chi connectivity index (χ1) is 12.0. The van der Waals surface area contributed by atoms with Gasteiger partial charge in [-0.25, -0.2) is 4.99 Å². The third kappa shape index (κ3) is 4.26. The molecule has 8 heteroatoms. The molecular formula is C17H12Br2N2O3S. The van der Waals surface area contributed by atoms with Crippen molar-refractivity contribution in [1.29, 1.82) is 0 Å². The maximum Gasteiger partial charge on any atom is 0.264 e. The number of ether oxygens (including phenoxy) is 1. The fraction of sp³-hybridized carbons (Fsp3) is 0.0588. The number of thioether (sulfide) groups is 1. The van der Waals surface area contributed by atoms with Gasteiger partial charge in [-0.3, -0.25) is 4.79 Å². The van der Waals surface area contributed by atoms with Crippen LogP contribution in [0.2, 0.25) is 0 Å². The van der Waals surface area contributed by atoms with Gasteiger partial charge in [0.1, 0.15) is 11.5 Å². The molecule has 0 aliphatic carbocycles. The van der Waals surface area contributed by atoms with Crippen LogP contribution in [-0.4, -0.2) is 23.3 Å². The number of hydrogen-bond acceptors (Lipinski definition) is 5. The van der Waals surface area contributed by atoms with Gasteiger partial charge < -0.3 is 15.2 Å². The van der Waals surface area contributed by atoms with Crippen molar-refractivity contribution in [2.45, 2.75) is 0 Å². The number of nitrogens with zero attached hydrogens (tertiary/aromatic N) is 1. The van der Waals surface area contributed by atoms with Crippen molar-refractivity contribution < 1.29 is 14.6 Å². The van der Waals surface area contributed by atoms with Gasteiger partial charge in [-0.1, -0.05) is 0 Å². The summed E-state index contributed by atoms with van der Waals surface area (Å²) >= 11 is 7.82. The summed E-state index contributed by atoms with van der Waals surface area (Å²) in [5, 5.41) is 13.0. The fourth-order valence-corrected chi connectivity index (χ4v) is 4.14. The van der Waals surface area contributed by atoms with Gasteiger partial charge in [0.2, 0.25) is 0 Å². The second-order valence-electron chi connectivity index (χ2n) is 5.01. The van der Waals surface area contributed by atoms with Gasteiger partial charge in [0.25, 0.3) is 5.91 Å². The van der Waals surface area contributed by atoms with Gasteiger partial charge in [-0.05, 0) is 91.7 Å². The van der Waals surface area contributed by atoms with Gasteiger partial charge >= 0.3 is 0 Å². The molecule has 1 amide bonds. The number of amides is 1. The molecule has 0 saturated carbocycles. The van der Waals surface area contributed by atoms with Crippen molar-refractivity contribution >= 4 is 66.5 Å². The first-order valence-corrected chi connectivity index (χ1v) is 9.48. The Labute approximate surface area is 165 Å². The van der Waals surface area contributed by atoms with Crippen LogP contribution in [0.1, 0.15) is 5.56 Å². The molecule has 2 aromatic rings. The molecule has 0 aromatic heterocycles. The number of halogens is 2. The molecule has 5 nitrogen and oxygen atoms in total. The second-order valence-corrected chi connectivity index (χ2v) is 7.75. The summed E-state index contributed by atoms with van der Waals surface area (Å²) in [6.07, 6.45) is 1.74. The largest absolute Gasteiger partial charge is 0.506 e. The van der Waals surface area contributed by atoms with Crippen LogP contribution in [0.15, 0.2) is 55.2 Å². The van der Waals surface area contributed by atoms with E-state index in [9.17, 15) is 9.90 Å². The number of phenols is 1. The Bertz CT molecular complexity index is 872. The van der Waals surface area contributed by atoms with Crippen LogP contribution in [0.5, 0.6) is 11.5 Å². The average molecular weight is 484 g/mol. The summed E-state index contributed by atoms with van der Waals surface area (Å²) in [4.78, 5) is 17.1. The highest BCUT2D eigenvalue weighted by Crippen LogP contribution is 2.35. The molecule has 2 N–H and O–H groups in total. The molecule has 0 radical (unpaired) electrons. The molecule has 128 valence electrons. The van der Waals surface area contributed by atoms with Crippen molar-refractivity contribution in [2.24, 2.45) is 4.99 Å². The number of phenolic OH excluding ortho intramolecular Hbond substituents is 1. The van der Waals surface area contributed by atoms with E-state index >= 15 is 0 Å². The van der Waals surface area contributed by atoms with Crippen LogP contribution < -0.4 is 10.1 Å². The summed E-state index contributed by atoms with van der Waals surface area (Å²) in [5.41, 5.74) is 1.50. The van der Waals surface area contributed by atoms with Gasteiger partial charge in [0.05, 0.1) is 26.6 Å². The number of amidine groups is 1. The highest BCUT2D eigenvalue weighted by Gasteiger charge is 2.24. The topological polar surface area (TPSA) is 70.9 Å². The number of aliphatic imine (C=N–C) groups is 1. The van der Waals surface area contributed by atoms with Crippen LogP contribution >= 0.6 is 43.6 Å². The maximum atomic E-state index is 12.1. The second kappa shape index (κ2) is 7.63. The third-order valence-corrected chi connectivity index (χ3v) is 5.41. The van der Waals surface area contributed by atoms with Crippen molar-refractivity contribution in [3.63, 3.8) is 0 Å². The lowest BCUT2D eigenvalue weighted by Crippen LogP contribution is -2.19. The Morgan fingerprint density at radius 2 is 1.84 bits per heavy atom. The van der Waals surface area contributed by atoms with E-state index in [0.717, 1.165) is 17.0 Å². The number of aromatic hydroxyl groups is 1. The molecule has 1 saturated heterocycles. The lowest BCUT2D eigenvalue weighted by molar-refractivity contribution is -0.115. The maximum absolute atomic E-state index is 12.1. The minimum absolute atomic E-state index is 0.118. The van der Waals surface area contributed by atoms with E-state index < -0.39 is 0 Å². The van der Waals surface area contributed by atoms with E-state index in [1.165, 1.54) is 11.8 Å². The highest BCUT2D eigenvalue weighted by molar-refractivity contribution is 9.11. The fourth-order valence-electron chi connectivity index (χ4n) is 2.07. The minimum Gasteiger partial charge on any atom is -0.506 e. The smallest absolute Gasteiger partial charge is 0.264 e. The number of nitrogens with one attached hydrogen (secondary N) is 1. The number of methoxy groups -OCH3 is 1. The Morgan fingerprint density at radius 3 is 2.44 bits per heavy atom. The molecule has 0 unspecified atom stereocenters. The first-order valence-electron chi connectivity index (χ1n) is 7.08. The van der Waals surface area contributed by atoms with E-state index in [1.54, 1.807) is 25.3 Å². The minimum atomic E-state index is -0.211. The van der Waals surface area contributed by atoms with Crippen molar-refractivity contribution in [3.8, 4) is 11.5 Å². The molecule has 0 spiro atoms. The average Bonchev–Trinajstić information content (AvgIpc) is 2.92. The number of carbonyl (C=O) groups excluding carboxylic acids is 1. The van der Waals surface area contributed by atoms with Crippen LogP contribution in [-0.2, 0) is 4.79 Å². The van der Waals surface area contributed by atoms with Gasteiger partial charge in [0, 0.05) is 0 Å². The van der Waals surface area contributed by atoms with E-state index in [2.05, 4.69) is 42.2 Å². The van der Waals surface area contributed by atoms with Gasteiger partial charge in [-0.2, -0.15) is 0 Å². The summed E-state index contributed by atoms with van der Waals surface area (Å²) in [7, 11) is 1.60. The normalized spacial score (nSPS) is 17.2. The number of rotatable bonds is 3.